The minimum absolute atomic E-state index is 0.00911. The summed E-state index contributed by atoms with van der Waals surface area (Å²) in [5.74, 6) is 2.37. The van der Waals surface area contributed by atoms with Crippen LogP contribution in [-0.4, -0.2) is 42.9 Å². The average Bonchev–Trinajstić information content (AvgIpc) is 3.39. The Morgan fingerprint density at radius 2 is 1.77 bits per heavy atom. The van der Waals surface area contributed by atoms with E-state index in [0.29, 0.717) is 5.89 Å². The molecule has 0 spiro atoms. The van der Waals surface area contributed by atoms with Crippen LogP contribution in [0.25, 0.3) is 0 Å². The predicted octanol–water partition coefficient (Wildman–Crippen LogP) is 4.85. The molecular weight excluding hydrogens is 408 g/mol. The van der Waals surface area contributed by atoms with Crippen molar-refractivity contribution in [3.8, 4) is 0 Å². The summed E-state index contributed by atoms with van der Waals surface area (Å²) >= 11 is 1.62. The van der Waals surface area contributed by atoms with E-state index in [4.69, 9.17) is 4.52 Å². The van der Waals surface area contributed by atoms with Gasteiger partial charge in [0.05, 0.1) is 18.3 Å². The molecule has 2 aromatic heterocycles. The first kappa shape index (κ1) is 22.0. The molecule has 0 aliphatic carbocycles. The van der Waals surface area contributed by atoms with Crippen LogP contribution in [0.5, 0.6) is 0 Å². The minimum Gasteiger partial charge on any atom is -0.338 e. The third kappa shape index (κ3) is 5.54. The Morgan fingerprint density at radius 3 is 2.45 bits per heavy atom. The summed E-state index contributed by atoms with van der Waals surface area (Å²) in [5.41, 5.74) is 1.10. The fourth-order valence-electron chi connectivity index (χ4n) is 3.68. The molecular formula is C23H32N6OS. The Hall–Kier alpha value is -2.19. The monoisotopic (exact) mass is 440 g/mol. The molecule has 3 heterocycles. The Kier molecular flexibility index (Phi) is 6.77. The first-order valence-electron chi connectivity index (χ1n) is 11.1. The van der Waals surface area contributed by atoms with Crippen LogP contribution in [0, 0.1) is 0 Å². The van der Waals surface area contributed by atoms with Gasteiger partial charge in [0.2, 0.25) is 5.89 Å². The number of hydrogen-bond donors (Lipinski definition) is 0. The van der Waals surface area contributed by atoms with Gasteiger partial charge in [-0.3, -0.25) is 4.90 Å². The van der Waals surface area contributed by atoms with Crippen molar-refractivity contribution in [2.45, 2.75) is 75.9 Å². The standard InChI is InChI=1S/C23H32N6OS/c1-17(20-24-21(27-30-20)23(2,3)4)31-22-26-25-19(16-28-13-9-6-10-14-28)29(22)15-18-11-7-5-8-12-18/h5,7-8,11-12,17H,6,9-10,13-16H2,1-4H3. The molecule has 0 amide bonds. The van der Waals surface area contributed by atoms with Crippen molar-refractivity contribution >= 4 is 11.8 Å². The highest BCUT2D eigenvalue weighted by atomic mass is 32.2. The summed E-state index contributed by atoms with van der Waals surface area (Å²) in [6.07, 6.45) is 3.85. The van der Waals surface area contributed by atoms with Crippen LogP contribution in [0.15, 0.2) is 40.0 Å². The molecule has 166 valence electrons. The van der Waals surface area contributed by atoms with E-state index in [1.807, 2.05) is 6.07 Å². The van der Waals surface area contributed by atoms with Crippen LogP contribution >= 0.6 is 11.8 Å². The molecule has 0 bridgehead atoms. The van der Waals surface area contributed by atoms with E-state index in [9.17, 15) is 0 Å². The van der Waals surface area contributed by atoms with Gasteiger partial charge in [-0.1, -0.05) is 74.4 Å². The second kappa shape index (κ2) is 9.53. The van der Waals surface area contributed by atoms with Crippen LogP contribution in [0.3, 0.4) is 0 Å². The average molecular weight is 441 g/mol. The van der Waals surface area contributed by atoms with Crippen LogP contribution in [-0.2, 0) is 18.5 Å². The fraction of sp³-hybridized carbons (Fsp3) is 0.565. The smallest absolute Gasteiger partial charge is 0.239 e. The molecule has 1 saturated heterocycles. The van der Waals surface area contributed by atoms with Gasteiger partial charge in [-0.15, -0.1) is 10.2 Å². The highest BCUT2D eigenvalue weighted by Crippen LogP contribution is 2.34. The summed E-state index contributed by atoms with van der Waals surface area (Å²) in [4.78, 5) is 7.11. The zero-order chi connectivity index (χ0) is 21.8. The summed E-state index contributed by atoms with van der Waals surface area (Å²) in [6, 6.07) is 10.5. The molecule has 1 aliphatic rings. The lowest BCUT2D eigenvalue weighted by atomic mass is 9.96. The number of likely N-dealkylation sites (tertiary alicyclic amines) is 1. The van der Waals surface area contributed by atoms with E-state index in [1.54, 1.807) is 11.8 Å². The normalized spacial score (nSPS) is 16.5. The van der Waals surface area contributed by atoms with Gasteiger partial charge in [-0.2, -0.15) is 4.98 Å². The van der Waals surface area contributed by atoms with Crippen LogP contribution in [0.4, 0.5) is 0 Å². The number of hydrogen-bond acceptors (Lipinski definition) is 7. The van der Waals surface area contributed by atoms with Crippen molar-refractivity contribution < 1.29 is 4.52 Å². The van der Waals surface area contributed by atoms with Crippen molar-refractivity contribution in [3.63, 3.8) is 0 Å². The molecule has 1 atom stereocenters. The topological polar surface area (TPSA) is 72.9 Å². The lowest BCUT2D eigenvalue weighted by Gasteiger charge is -2.26. The van der Waals surface area contributed by atoms with Gasteiger partial charge in [0.1, 0.15) is 5.82 Å². The molecule has 1 fully saturated rings. The first-order chi connectivity index (χ1) is 14.9. The number of benzene rings is 1. The number of aromatic nitrogens is 5. The van der Waals surface area contributed by atoms with Gasteiger partial charge in [0, 0.05) is 5.41 Å². The van der Waals surface area contributed by atoms with E-state index >= 15 is 0 Å². The minimum atomic E-state index is -0.138. The van der Waals surface area contributed by atoms with Gasteiger partial charge in [0.25, 0.3) is 0 Å². The van der Waals surface area contributed by atoms with Crippen molar-refractivity contribution in [1.29, 1.82) is 0 Å². The molecule has 1 unspecified atom stereocenters. The zero-order valence-electron chi connectivity index (χ0n) is 18.9. The molecule has 0 saturated carbocycles. The predicted molar refractivity (Wildman–Crippen MR) is 122 cm³/mol. The van der Waals surface area contributed by atoms with E-state index in [2.05, 4.69) is 81.8 Å². The Balaban J connectivity index is 1.56. The number of piperidine rings is 1. The fourth-order valence-corrected chi connectivity index (χ4v) is 4.58. The molecule has 1 aromatic carbocycles. The molecule has 31 heavy (non-hydrogen) atoms. The highest BCUT2D eigenvalue weighted by Gasteiger charge is 2.25. The Morgan fingerprint density at radius 1 is 1.03 bits per heavy atom. The Labute approximate surface area is 188 Å². The summed E-state index contributed by atoms with van der Waals surface area (Å²) in [7, 11) is 0. The van der Waals surface area contributed by atoms with Gasteiger partial charge in [0.15, 0.2) is 11.0 Å². The summed E-state index contributed by atoms with van der Waals surface area (Å²) in [5, 5.41) is 14.2. The maximum absolute atomic E-state index is 5.56. The second-order valence-corrected chi connectivity index (χ2v) is 10.6. The molecule has 0 radical (unpaired) electrons. The number of nitrogens with zero attached hydrogens (tertiary/aromatic N) is 6. The SMILES string of the molecule is CC(Sc1nnc(CN2CCCCC2)n1Cc1ccccc1)c1nc(C(C)(C)C)no1. The summed E-state index contributed by atoms with van der Waals surface area (Å²) in [6.45, 7) is 12.2. The lowest BCUT2D eigenvalue weighted by molar-refractivity contribution is 0.213. The molecule has 0 N–H and O–H groups in total. The highest BCUT2D eigenvalue weighted by molar-refractivity contribution is 7.99. The maximum atomic E-state index is 5.56. The number of thioether (sulfide) groups is 1. The zero-order valence-corrected chi connectivity index (χ0v) is 19.7. The van der Waals surface area contributed by atoms with Crippen molar-refractivity contribution in [2.75, 3.05) is 13.1 Å². The van der Waals surface area contributed by atoms with E-state index in [1.165, 1.54) is 24.8 Å². The van der Waals surface area contributed by atoms with E-state index in [-0.39, 0.29) is 10.7 Å². The van der Waals surface area contributed by atoms with Gasteiger partial charge in [-0.05, 0) is 38.4 Å². The summed E-state index contributed by atoms with van der Waals surface area (Å²) < 4.78 is 7.81. The van der Waals surface area contributed by atoms with Crippen molar-refractivity contribution in [2.24, 2.45) is 0 Å². The lowest BCUT2D eigenvalue weighted by Crippen LogP contribution is -2.30. The van der Waals surface area contributed by atoms with Crippen molar-refractivity contribution in [1.82, 2.24) is 29.8 Å². The van der Waals surface area contributed by atoms with Gasteiger partial charge in [-0.25, -0.2) is 0 Å². The maximum Gasteiger partial charge on any atom is 0.239 e. The molecule has 7 nitrogen and oxygen atoms in total. The van der Waals surface area contributed by atoms with Crippen LogP contribution in [0.2, 0.25) is 0 Å². The quantitative estimate of drug-likeness (QED) is 0.486. The molecule has 3 aromatic rings. The van der Waals surface area contributed by atoms with Crippen LogP contribution < -0.4 is 0 Å². The van der Waals surface area contributed by atoms with Gasteiger partial charge >= 0.3 is 0 Å². The van der Waals surface area contributed by atoms with Crippen molar-refractivity contribution in [3.05, 3.63) is 53.4 Å². The Bertz CT molecular complexity index is 972. The molecule has 1 aliphatic heterocycles. The molecule has 8 heteroatoms. The van der Waals surface area contributed by atoms with E-state index in [0.717, 1.165) is 43.0 Å². The third-order valence-electron chi connectivity index (χ3n) is 5.53. The molecule has 4 rings (SSSR count). The van der Waals surface area contributed by atoms with Crippen LogP contribution in [0.1, 0.15) is 75.3 Å². The first-order valence-corrected chi connectivity index (χ1v) is 12.0. The second-order valence-electron chi connectivity index (χ2n) is 9.27. The van der Waals surface area contributed by atoms with Gasteiger partial charge < -0.3 is 9.09 Å². The van der Waals surface area contributed by atoms with E-state index < -0.39 is 0 Å². The largest absolute Gasteiger partial charge is 0.338 e. The number of rotatable bonds is 7. The third-order valence-corrected chi connectivity index (χ3v) is 6.60.